The van der Waals surface area contributed by atoms with Crippen molar-refractivity contribution in [2.75, 3.05) is 0 Å². The van der Waals surface area contributed by atoms with Gasteiger partial charge in [-0.25, -0.2) is 0 Å². The summed E-state index contributed by atoms with van der Waals surface area (Å²) < 4.78 is 0. The van der Waals surface area contributed by atoms with Gasteiger partial charge >= 0.3 is 0 Å². The number of carbonyl (C=O) groups is 1. The van der Waals surface area contributed by atoms with Crippen LogP contribution in [0.3, 0.4) is 0 Å². The Morgan fingerprint density at radius 2 is 1.54 bits per heavy atom. The van der Waals surface area contributed by atoms with Crippen LogP contribution < -0.4 is 0 Å². The molecule has 0 aliphatic heterocycles. The van der Waals surface area contributed by atoms with Crippen molar-refractivity contribution < 1.29 is 4.79 Å². The second-order valence-corrected chi connectivity index (χ2v) is 7.32. The van der Waals surface area contributed by atoms with E-state index >= 15 is 0 Å². The molecule has 0 aliphatic carbocycles. The molecule has 140 valence electrons. The van der Waals surface area contributed by atoms with Crippen LogP contribution in [0.2, 0.25) is 10.0 Å². The van der Waals surface area contributed by atoms with Crippen LogP contribution in [0.5, 0.6) is 0 Å². The molecule has 0 saturated carbocycles. The second-order valence-electron chi connectivity index (χ2n) is 6.44. The minimum Gasteiger partial charge on any atom is -0.294 e. The fourth-order valence-electron chi connectivity index (χ4n) is 2.92. The smallest absolute Gasteiger partial charge is 0.163 e. The molecule has 0 saturated heterocycles. The van der Waals surface area contributed by atoms with Gasteiger partial charge in [0.25, 0.3) is 0 Å². The molecule has 0 N–H and O–H groups in total. The summed E-state index contributed by atoms with van der Waals surface area (Å²) in [7, 11) is 0. The van der Waals surface area contributed by atoms with Gasteiger partial charge in [-0.2, -0.15) is 0 Å². The van der Waals surface area contributed by atoms with Crippen molar-refractivity contribution in [3.05, 3.63) is 118 Å². The van der Waals surface area contributed by atoms with E-state index in [0.29, 0.717) is 16.5 Å². The molecular weight excluding hydrogens is 387 g/mol. The van der Waals surface area contributed by atoms with Crippen molar-refractivity contribution in [3.8, 4) is 0 Å². The molecule has 0 aromatic heterocycles. The minimum atomic E-state index is -0.236. The zero-order chi connectivity index (χ0) is 19.8. The zero-order valence-electron chi connectivity index (χ0n) is 15.3. The van der Waals surface area contributed by atoms with Crippen LogP contribution in [0, 0.1) is 0 Å². The quantitative estimate of drug-likeness (QED) is 0.372. The first-order valence-electron chi connectivity index (χ1n) is 9.06. The Balaban J connectivity index is 1.76. The van der Waals surface area contributed by atoms with Crippen LogP contribution in [-0.2, 0) is 4.79 Å². The number of hydrogen-bond acceptors (Lipinski definition) is 1. The lowest BCUT2D eigenvalue weighted by molar-refractivity contribution is -0.115. The lowest BCUT2D eigenvalue weighted by atomic mass is 9.90. The third-order valence-electron chi connectivity index (χ3n) is 4.39. The Bertz CT molecular complexity index is 973. The van der Waals surface area contributed by atoms with Crippen LogP contribution in [0.4, 0.5) is 0 Å². The third-order valence-corrected chi connectivity index (χ3v) is 4.87. The van der Waals surface area contributed by atoms with Gasteiger partial charge in [-0.15, -0.1) is 0 Å². The topological polar surface area (TPSA) is 17.1 Å². The fraction of sp³-hybridized carbons (Fsp3) is 0.0800. The Labute approximate surface area is 175 Å². The number of rotatable bonds is 7. The Kier molecular flexibility index (Phi) is 7.25. The van der Waals surface area contributed by atoms with Crippen LogP contribution in [0.25, 0.3) is 12.2 Å². The van der Waals surface area contributed by atoms with E-state index in [1.807, 2.05) is 97.1 Å². The largest absolute Gasteiger partial charge is 0.294 e. The van der Waals surface area contributed by atoms with Crippen molar-refractivity contribution in [1.82, 2.24) is 0 Å². The van der Waals surface area contributed by atoms with Crippen molar-refractivity contribution in [1.29, 1.82) is 0 Å². The summed E-state index contributed by atoms with van der Waals surface area (Å²) in [4.78, 5) is 12.9. The van der Waals surface area contributed by atoms with E-state index < -0.39 is 0 Å². The first kappa shape index (κ1) is 20.1. The average molecular weight is 407 g/mol. The molecule has 3 heteroatoms. The van der Waals surface area contributed by atoms with Gasteiger partial charge in [-0.1, -0.05) is 96.0 Å². The molecule has 0 radical (unpaired) electrons. The number of allylic oxidation sites excluding steroid dienone is 2. The average Bonchev–Trinajstić information content (AvgIpc) is 2.71. The maximum Gasteiger partial charge on any atom is 0.163 e. The summed E-state index contributed by atoms with van der Waals surface area (Å²) >= 11 is 12.0. The number of carbonyl (C=O) groups excluding carboxylic acids is 1. The highest BCUT2D eigenvalue weighted by molar-refractivity contribution is 6.30. The molecule has 0 fully saturated rings. The Morgan fingerprint density at radius 3 is 2.25 bits per heavy atom. The summed E-state index contributed by atoms with van der Waals surface area (Å²) in [6.45, 7) is 0. The number of benzene rings is 3. The SMILES string of the molecule is O=C(C=Cc1ccc(Cl)cc1)C(CC=Cc1cccc(Cl)c1)c1ccccc1. The molecule has 0 bridgehead atoms. The summed E-state index contributed by atoms with van der Waals surface area (Å²) in [5.41, 5.74) is 2.96. The van der Waals surface area contributed by atoms with Crippen LogP contribution >= 0.6 is 23.2 Å². The van der Waals surface area contributed by atoms with Gasteiger partial charge in [0, 0.05) is 10.0 Å². The standard InChI is InChI=1S/C25H20Cl2O/c26-22-15-12-19(13-16-22)14-17-25(28)24(21-8-2-1-3-9-21)11-5-7-20-6-4-10-23(27)18-20/h1-10,12-18,24H,11H2. The van der Waals surface area contributed by atoms with E-state index in [0.717, 1.165) is 16.7 Å². The molecule has 0 aliphatic rings. The number of halogens is 2. The predicted octanol–water partition coefficient (Wildman–Crippen LogP) is 7.46. The fourth-order valence-corrected chi connectivity index (χ4v) is 3.25. The summed E-state index contributed by atoms with van der Waals surface area (Å²) in [6.07, 6.45) is 8.11. The van der Waals surface area contributed by atoms with Gasteiger partial charge < -0.3 is 0 Å². The lowest BCUT2D eigenvalue weighted by Crippen LogP contribution is -2.09. The van der Waals surface area contributed by atoms with E-state index in [9.17, 15) is 4.79 Å². The molecule has 3 aromatic carbocycles. The molecule has 3 rings (SSSR count). The molecule has 0 heterocycles. The van der Waals surface area contributed by atoms with Gasteiger partial charge in [0.2, 0.25) is 0 Å². The van der Waals surface area contributed by atoms with E-state index in [2.05, 4.69) is 0 Å². The van der Waals surface area contributed by atoms with Gasteiger partial charge in [0.05, 0.1) is 5.92 Å². The van der Waals surface area contributed by atoms with E-state index in [-0.39, 0.29) is 11.7 Å². The van der Waals surface area contributed by atoms with Gasteiger partial charge in [-0.05, 0) is 53.5 Å². The summed E-state index contributed by atoms with van der Waals surface area (Å²) in [5.74, 6) is -0.169. The molecule has 1 atom stereocenters. The van der Waals surface area contributed by atoms with Gasteiger partial charge in [0.1, 0.15) is 0 Å². The highest BCUT2D eigenvalue weighted by Gasteiger charge is 2.16. The Hall–Kier alpha value is -2.61. The van der Waals surface area contributed by atoms with Crippen molar-refractivity contribution in [2.24, 2.45) is 0 Å². The normalized spacial score (nSPS) is 12.5. The predicted molar refractivity (Wildman–Crippen MR) is 120 cm³/mol. The molecule has 28 heavy (non-hydrogen) atoms. The lowest BCUT2D eigenvalue weighted by Gasteiger charge is -2.12. The summed E-state index contributed by atoms with van der Waals surface area (Å²) in [5, 5.41) is 1.38. The van der Waals surface area contributed by atoms with Crippen LogP contribution in [0.1, 0.15) is 29.0 Å². The van der Waals surface area contributed by atoms with E-state index in [1.54, 1.807) is 6.08 Å². The highest BCUT2D eigenvalue weighted by atomic mass is 35.5. The maximum atomic E-state index is 12.9. The molecule has 0 amide bonds. The van der Waals surface area contributed by atoms with Crippen molar-refractivity contribution >= 4 is 41.1 Å². The van der Waals surface area contributed by atoms with E-state index in [4.69, 9.17) is 23.2 Å². The van der Waals surface area contributed by atoms with Gasteiger partial charge in [-0.3, -0.25) is 4.79 Å². The van der Waals surface area contributed by atoms with Crippen molar-refractivity contribution in [2.45, 2.75) is 12.3 Å². The molecule has 3 aromatic rings. The minimum absolute atomic E-state index is 0.0666. The molecular formula is C25H20Cl2O. The monoisotopic (exact) mass is 406 g/mol. The van der Waals surface area contributed by atoms with Crippen molar-refractivity contribution in [3.63, 3.8) is 0 Å². The Morgan fingerprint density at radius 1 is 0.786 bits per heavy atom. The number of ketones is 1. The zero-order valence-corrected chi connectivity index (χ0v) is 16.8. The first-order chi connectivity index (χ1) is 13.6. The maximum absolute atomic E-state index is 12.9. The first-order valence-corrected chi connectivity index (χ1v) is 9.82. The summed E-state index contributed by atoms with van der Waals surface area (Å²) in [6, 6.07) is 24.9. The molecule has 0 spiro atoms. The van der Waals surface area contributed by atoms with Gasteiger partial charge in [0.15, 0.2) is 5.78 Å². The van der Waals surface area contributed by atoms with Crippen LogP contribution in [-0.4, -0.2) is 5.78 Å². The molecule has 1 nitrogen and oxygen atoms in total. The highest BCUT2D eigenvalue weighted by Crippen LogP contribution is 2.23. The van der Waals surface area contributed by atoms with Crippen LogP contribution in [0.15, 0.2) is 91.0 Å². The second kappa shape index (κ2) is 10.1. The van der Waals surface area contributed by atoms with E-state index in [1.165, 1.54) is 0 Å². The third kappa shape index (κ3) is 5.95. The molecule has 1 unspecified atom stereocenters. The number of hydrogen-bond donors (Lipinski definition) is 0.